The molecule has 6 heteroatoms. The van der Waals surface area contributed by atoms with E-state index in [1.807, 2.05) is 18.2 Å². The summed E-state index contributed by atoms with van der Waals surface area (Å²) in [6, 6.07) is 8.92. The quantitative estimate of drug-likeness (QED) is 0.904. The van der Waals surface area contributed by atoms with Crippen LogP contribution in [0.25, 0.3) is 0 Å². The van der Waals surface area contributed by atoms with Crippen LogP contribution in [0.4, 0.5) is 5.69 Å². The molecule has 0 bridgehead atoms. The molecule has 0 spiro atoms. The lowest BCUT2D eigenvalue weighted by atomic mass is 10.1. The van der Waals surface area contributed by atoms with Gasteiger partial charge in [0.2, 0.25) is 5.91 Å². The van der Waals surface area contributed by atoms with Crippen LogP contribution in [0.2, 0.25) is 0 Å². The van der Waals surface area contributed by atoms with Gasteiger partial charge >= 0.3 is 0 Å². The van der Waals surface area contributed by atoms with Crippen LogP contribution in [-0.4, -0.2) is 25.0 Å². The number of fused-ring (bicyclic) bond motifs is 1. The van der Waals surface area contributed by atoms with Crippen molar-refractivity contribution in [2.75, 3.05) is 18.5 Å². The van der Waals surface area contributed by atoms with E-state index in [9.17, 15) is 9.59 Å². The molecule has 22 heavy (non-hydrogen) atoms. The summed E-state index contributed by atoms with van der Waals surface area (Å²) in [5.74, 6) is 0.676. The van der Waals surface area contributed by atoms with Crippen molar-refractivity contribution in [2.45, 2.75) is 12.8 Å². The van der Waals surface area contributed by atoms with Crippen LogP contribution in [0.3, 0.4) is 0 Å². The first-order valence-corrected chi connectivity index (χ1v) is 7.09. The van der Waals surface area contributed by atoms with Crippen molar-refractivity contribution in [3.05, 3.63) is 47.9 Å². The molecular formula is C16H16N2O4. The van der Waals surface area contributed by atoms with E-state index in [4.69, 9.17) is 9.15 Å². The van der Waals surface area contributed by atoms with Gasteiger partial charge in [-0.25, -0.2) is 0 Å². The molecule has 1 aliphatic rings. The third kappa shape index (κ3) is 3.28. The number of carbonyl (C=O) groups excluding carboxylic acids is 2. The topological polar surface area (TPSA) is 80.6 Å². The maximum absolute atomic E-state index is 11.7. The Labute approximate surface area is 127 Å². The predicted octanol–water partition coefficient (Wildman–Crippen LogP) is 1.97. The number of hydrogen-bond donors (Lipinski definition) is 2. The van der Waals surface area contributed by atoms with Gasteiger partial charge in [-0.05, 0) is 36.2 Å². The van der Waals surface area contributed by atoms with Crippen molar-refractivity contribution in [2.24, 2.45) is 0 Å². The highest BCUT2D eigenvalue weighted by Gasteiger charge is 2.14. The third-order valence-electron chi connectivity index (χ3n) is 3.35. The Morgan fingerprint density at radius 3 is 3.05 bits per heavy atom. The second kappa shape index (κ2) is 6.34. The second-order valence-corrected chi connectivity index (χ2v) is 4.96. The normalized spacial score (nSPS) is 13.5. The second-order valence-electron chi connectivity index (χ2n) is 4.96. The van der Waals surface area contributed by atoms with E-state index in [1.165, 1.54) is 6.26 Å². The van der Waals surface area contributed by atoms with Crippen molar-refractivity contribution in [1.29, 1.82) is 0 Å². The number of amides is 2. The number of rotatable bonds is 4. The first-order chi connectivity index (χ1) is 10.7. The molecule has 0 saturated heterocycles. The minimum atomic E-state index is -0.239. The Bertz CT molecular complexity index is 679. The fourth-order valence-electron chi connectivity index (χ4n) is 2.24. The zero-order chi connectivity index (χ0) is 15.4. The predicted molar refractivity (Wildman–Crippen MR) is 79.9 cm³/mol. The molecule has 0 atom stereocenters. The highest BCUT2D eigenvalue weighted by molar-refractivity contribution is 5.93. The zero-order valence-electron chi connectivity index (χ0n) is 11.9. The van der Waals surface area contributed by atoms with E-state index in [0.29, 0.717) is 43.2 Å². The summed E-state index contributed by atoms with van der Waals surface area (Å²) in [5, 5.41) is 5.60. The van der Waals surface area contributed by atoms with Gasteiger partial charge in [0.25, 0.3) is 5.91 Å². The van der Waals surface area contributed by atoms with Gasteiger partial charge in [0.1, 0.15) is 5.75 Å². The van der Waals surface area contributed by atoms with Gasteiger partial charge in [-0.15, -0.1) is 0 Å². The number of anilines is 1. The number of ether oxygens (including phenoxy) is 1. The average molecular weight is 300 g/mol. The number of carbonyl (C=O) groups is 2. The molecule has 0 radical (unpaired) electrons. The van der Waals surface area contributed by atoms with Crippen molar-refractivity contribution in [1.82, 2.24) is 5.32 Å². The summed E-state index contributed by atoms with van der Waals surface area (Å²) in [7, 11) is 0. The van der Waals surface area contributed by atoms with Crippen molar-refractivity contribution >= 4 is 17.5 Å². The van der Waals surface area contributed by atoms with Crippen LogP contribution in [0.5, 0.6) is 5.75 Å². The first-order valence-electron chi connectivity index (χ1n) is 7.09. The molecule has 2 aromatic rings. The van der Waals surface area contributed by atoms with E-state index >= 15 is 0 Å². The van der Waals surface area contributed by atoms with Gasteiger partial charge in [-0.2, -0.15) is 0 Å². The SMILES string of the molecule is O=C1CCOc2ccc(CCNC(=O)c3ccco3)cc2N1. The summed E-state index contributed by atoms with van der Waals surface area (Å²) in [6.45, 7) is 0.866. The molecule has 3 rings (SSSR count). The van der Waals surface area contributed by atoms with Crippen LogP contribution in [0.1, 0.15) is 22.5 Å². The molecular weight excluding hydrogens is 284 g/mol. The molecule has 2 amide bonds. The Morgan fingerprint density at radius 2 is 2.23 bits per heavy atom. The largest absolute Gasteiger partial charge is 0.491 e. The highest BCUT2D eigenvalue weighted by atomic mass is 16.5. The monoisotopic (exact) mass is 300 g/mol. The lowest BCUT2D eigenvalue weighted by Gasteiger charge is -2.09. The van der Waals surface area contributed by atoms with Gasteiger partial charge in [0.15, 0.2) is 5.76 Å². The fraction of sp³-hybridized carbons (Fsp3) is 0.250. The lowest BCUT2D eigenvalue weighted by Crippen LogP contribution is -2.25. The Hall–Kier alpha value is -2.76. The molecule has 6 nitrogen and oxygen atoms in total. The van der Waals surface area contributed by atoms with E-state index in [2.05, 4.69) is 10.6 Å². The standard InChI is InChI=1S/C16H16N2O4/c19-15-6-9-22-13-4-3-11(10-12(13)18-15)5-7-17-16(20)14-2-1-8-21-14/h1-4,8,10H,5-7,9H2,(H,17,20)(H,18,19). The van der Waals surface area contributed by atoms with Crippen LogP contribution in [0.15, 0.2) is 41.0 Å². The van der Waals surface area contributed by atoms with Gasteiger partial charge in [-0.3, -0.25) is 9.59 Å². The van der Waals surface area contributed by atoms with E-state index in [-0.39, 0.29) is 11.8 Å². The molecule has 1 aromatic carbocycles. The van der Waals surface area contributed by atoms with Crippen LogP contribution < -0.4 is 15.4 Å². The molecule has 0 unspecified atom stereocenters. The minimum absolute atomic E-state index is 0.0537. The molecule has 114 valence electrons. The number of benzene rings is 1. The van der Waals surface area contributed by atoms with Crippen molar-refractivity contribution in [3.63, 3.8) is 0 Å². The van der Waals surface area contributed by atoms with Gasteiger partial charge in [-0.1, -0.05) is 6.07 Å². The van der Waals surface area contributed by atoms with Gasteiger partial charge < -0.3 is 19.8 Å². The maximum atomic E-state index is 11.7. The van der Waals surface area contributed by atoms with Crippen LogP contribution in [0, 0.1) is 0 Å². The van der Waals surface area contributed by atoms with Gasteiger partial charge in [0.05, 0.1) is 25.0 Å². The van der Waals surface area contributed by atoms with Crippen molar-refractivity contribution < 1.29 is 18.7 Å². The van der Waals surface area contributed by atoms with E-state index < -0.39 is 0 Å². The molecule has 0 fully saturated rings. The summed E-state index contributed by atoms with van der Waals surface area (Å²) in [5.41, 5.74) is 1.68. The first kappa shape index (κ1) is 14.2. The van der Waals surface area contributed by atoms with E-state index in [0.717, 1.165) is 5.56 Å². The molecule has 0 saturated carbocycles. The van der Waals surface area contributed by atoms with Crippen molar-refractivity contribution in [3.8, 4) is 5.75 Å². The Kier molecular flexibility index (Phi) is 4.09. The van der Waals surface area contributed by atoms with E-state index in [1.54, 1.807) is 12.1 Å². The third-order valence-corrected chi connectivity index (χ3v) is 3.35. The van der Waals surface area contributed by atoms with Gasteiger partial charge in [0, 0.05) is 6.54 Å². The summed E-state index contributed by atoms with van der Waals surface area (Å²) >= 11 is 0. The van der Waals surface area contributed by atoms with Crippen LogP contribution in [-0.2, 0) is 11.2 Å². The smallest absolute Gasteiger partial charge is 0.286 e. The molecule has 1 aromatic heterocycles. The Balaban J connectivity index is 1.59. The lowest BCUT2D eigenvalue weighted by molar-refractivity contribution is -0.116. The van der Waals surface area contributed by atoms with Crippen LogP contribution >= 0.6 is 0 Å². The summed E-state index contributed by atoms with van der Waals surface area (Å²) < 4.78 is 10.5. The maximum Gasteiger partial charge on any atom is 0.286 e. The summed E-state index contributed by atoms with van der Waals surface area (Å²) in [4.78, 5) is 23.3. The Morgan fingerprint density at radius 1 is 1.32 bits per heavy atom. The number of furan rings is 1. The average Bonchev–Trinajstić information content (AvgIpc) is 2.97. The molecule has 2 N–H and O–H groups in total. The number of nitrogens with one attached hydrogen (secondary N) is 2. The number of hydrogen-bond acceptors (Lipinski definition) is 4. The molecule has 1 aliphatic heterocycles. The fourth-order valence-corrected chi connectivity index (χ4v) is 2.24. The molecule has 0 aliphatic carbocycles. The minimum Gasteiger partial charge on any atom is -0.491 e. The zero-order valence-corrected chi connectivity index (χ0v) is 11.9. The highest BCUT2D eigenvalue weighted by Crippen LogP contribution is 2.28. The molecule has 2 heterocycles. The summed E-state index contributed by atoms with van der Waals surface area (Å²) in [6.07, 6.45) is 2.46.